The van der Waals surface area contributed by atoms with Gasteiger partial charge in [-0.25, -0.2) is 0 Å². The van der Waals surface area contributed by atoms with Crippen LogP contribution in [-0.4, -0.2) is 6.10 Å². The van der Waals surface area contributed by atoms with Gasteiger partial charge in [0.15, 0.2) is 0 Å². The summed E-state index contributed by atoms with van der Waals surface area (Å²) in [5.41, 5.74) is 1.14. The van der Waals surface area contributed by atoms with Crippen LogP contribution in [0, 0.1) is 0 Å². The molecule has 0 saturated heterocycles. The van der Waals surface area contributed by atoms with Crippen molar-refractivity contribution in [1.82, 2.24) is 0 Å². The van der Waals surface area contributed by atoms with Crippen LogP contribution in [0.2, 0.25) is 5.02 Å². The van der Waals surface area contributed by atoms with Crippen LogP contribution in [0.3, 0.4) is 0 Å². The lowest BCUT2D eigenvalue weighted by molar-refractivity contribution is 0.154. The smallest absolute Gasteiger partial charge is 0.123 e. The summed E-state index contributed by atoms with van der Waals surface area (Å²) in [4.78, 5) is 0. The molecule has 1 saturated carbocycles. The zero-order valence-electron chi connectivity index (χ0n) is 9.22. The van der Waals surface area contributed by atoms with Crippen LogP contribution in [-0.2, 0) is 5.33 Å². The Morgan fingerprint density at radius 3 is 2.69 bits per heavy atom. The number of alkyl halides is 1. The quantitative estimate of drug-likeness (QED) is 0.718. The van der Waals surface area contributed by atoms with E-state index in [9.17, 15) is 0 Å². The lowest BCUT2D eigenvalue weighted by atomic mass is 9.98. The molecule has 0 bridgehead atoms. The van der Waals surface area contributed by atoms with Gasteiger partial charge in [0.1, 0.15) is 5.75 Å². The van der Waals surface area contributed by atoms with E-state index in [1.807, 2.05) is 18.2 Å². The molecular formula is C13H16BrClO. The van der Waals surface area contributed by atoms with Crippen LogP contribution >= 0.6 is 27.5 Å². The lowest BCUT2D eigenvalue weighted by Crippen LogP contribution is -2.20. The first-order chi connectivity index (χ1) is 7.79. The SMILES string of the molecule is Clc1ccc(OC2CCCCC2)c(CBr)c1. The average molecular weight is 304 g/mol. The number of benzene rings is 1. The molecule has 0 amide bonds. The highest BCUT2D eigenvalue weighted by molar-refractivity contribution is 9.08. The van der Waals surface area contributed by atoms with Gasteiger partial charge in [0.05, 0.1) is 6.10 Å². The molecule has 1 fully saturated rings. The van der Waals surface area contributed by atoms with E-state index in [2.05, 4.69) is 15.9 Å². The molecule has 1 nitrogen and oxygen atoms in total. The molecule has 0 N–H and O–H groups in total. The Morgan fingerprint density at radius 1 is 1.25 bits per heavy atom. The predicted molar refractivity (Wildman–Crippen MR) is 71.6 cm³/mol. The van der Waals surface area contributed by atoms with Crippen molar-refractivity contribution >= 4 is 27.5 Å². The third kappa shape index (κ3) is 3.14. The minimum absolute atomic E-state index is 0.396. The van der Waals surface area contributed by atoms with Crippen LogP contribution in [0.1, 0.15) is 37.7 Å². The number of halogens is 2. The first-order valence-electron chi connectivity index (χ1n) is 5.80. The van der Waals surface area contributed by atoms with Gasteiger partial charge in [-0.1, -0.05) is 34.0 Å². The monoisotopic (exact) mass is 302 g/mol. The molecule has 0 heterocycles. The highest BCUT2D eigenvalue weighted by Gasteiger charge is 2.16. The maximum absolute atomic E-state index is 6.04. The number of rotatable bonds is 3. The second-order valence-electron chi connectivity index (χ2n) is 4.26. The summed E-state index contributed by atoms with van der Waals surface area (Å²) in [5.74, 6) is 0.980. The molecule has 0 atom stereocenters. The summed E-state index contributed by atoms with van der Waals surface area (Å²) in [6.45, 7) is 0. The van der Waals surface area contributed by atoms with Crippen molar-refractivity contribution in [3.05, 3.63) is 28.8 Å². The van der Waals surface area contributed by atoms with Crippen molar-refractivity contribution in [2.75, 3.05) is 0 Å². The molecule has 16 heavy (non-hydrogen) atoms. The van der Waals surface area contributed by atoms with E-state index in [0.29, 0.717) is 6.10 Å². The fourth-order valence-electron chi connectivity index (χ4n) is 2.13. The second kappa shape index (κ2) is 5.92. The molecule has 0 spiro atoms. The summed E-state index contributed by atoms with van der Waals surface area (Å²) in [6, 6.07) is 5.84. The summed E-state index contributed by atoms with van der Waals surface area (Å²) < 4.78 is 6.04. The van der Waals surface area contributed by atoms with Crippen LogP contribution < -0.4 is 4.74 Å². The van der Waals surface area contributed by atoms with Gasteiger partial charge in [0.25, 0.3) is 0 Å². The summed E-state index contributed by atoms with van der Waals surface area (Å²) in [5, 5.41) is 1.56. The molecule has 0 aliphatic heterocycles. The van der Waals surface area contributed by atoms with Gasteiger partial charge in [-0.15, -0.1) is 0 Å². The normalized spacial score (nSPS) is 17.4. The van der Waals surface area contributed by atoms with Crippen molar-refractivity contribution in [2.45, 2.75) is 43.5 Å². The maximum atomic E-state index is 6.04. The van der Waals surface area contributed by atoms with Gasteiger partial charge < -0.3 is 4.74 Å². The summed E-state index contributed by atoms with van der Waals surface area (Å²) >= 11 is 9.43. The van der Waals surface area contributed by atoms with E-state index in [1.165, 1.54) is 32.1 Å². The van der Waals surface area contributed by atoms with Gasteiger partial charge in [-0.3, -0.25) is 0 Å². The Morgan fingerprint density at radius 2 is 2.00 bits per heavy atom. The maximum Gasteiger partial charge on any atom is 0.123 e. The Kier molecular flexibility index (Phi) is 4.54. The van der Waals surface area contributed by atoms with Crippen LogP contribution in [0.5, 0.6) is 5.75 Å². The second-order valence-corrected chi connectivity index (χ2v) is 5.26. The topological polar surface area (TPSA) is 9.23 Å². The fraction of sp³-hybridized carbons (Fsp3) is 0.538. The van der Waals surface area contributed by atoms with Crippen LogP contribution in [0.4, 0.5) is 0 Å². The largest absolute Gasteiger partial charge is 0.490 e. The van der Waals surface area contributed by atoms with Gasteiger partial charge in [0.2, 0.25) is 0 Å². The highest BCUT2D eigenvalue weighted by atomic mass is 79.9. The fourth-order valence-corrected chi connectivity index (χ4v) is 2.76. The third-order valence-corrected chi connectivity index (χ3v) is 3.85. The third-order valence-electron chi connectivity index (χ3n) is 3.01. The molecule has 3 heteroatoms. The standard InChI is InChI=1S/C13H16BrClO/c14-9-10-8-11(15)6-7-13(10)16-12-4-2-1-3-5-12/h6-8,12H,1-5,9H2. The van der Waals surface area contributed by atoms with Crippen LogP contribution in [0.15, 0.2) is 18.2 Å². The molecule has 1 aromatic carbocycles. The molecule has 0 unspecified atom stereocenters. The van der Waals surface area contributed by atoms with Gasteiger partial charge in [-0.05, 0) is 43.9 Å². The van der Waals surface area contributed by atoms with Crippen molar-refractivity contribution < 1.29 is 4.74 Å². The Balaban J connectivity index is 2.07. The van der Waals surface area contributed by atoms with E-state index in [-0.39, 0.29) is 0 Å². The molecule has 1 aromatic rings. The first kappa shape index (κ1) is 12.3. The number of hydrogen-bond donors (Lipinski definition) is 0. The minimum atomic E-state index is 0.396. The summed E-state index contributed by atoms with van der Waals surface area (Å²) in [7, 11) is 0. The minimum Gasteiger partial charge on any atom is -0.490 e. The number of ether oxygens (including phenoxy) is 1. The van der Waals surface area contributed by atoms with E-state index in [4.69, 9.17) is 16.3 Å². The Bertz CT molecular complexity index is 348. The molecule has 88 valence electrons. The molecule has 2 rings (SSSR count). The van der Waals surface area contributed by atoms with E-state index < -0.39 is 0 Å². The van der Waals surface area contributed by atoms with Crippen molar-refractivity contribution in [1.29, 1.82) is 0 Å². The molecule has 1 aliphatic rings. The van der Waals surface area contributed by atoms with Gasteiger partial charge in [0, 0.05) is 15.9 Å². The average Bonchev–Trinajstić information content (AvgIpc) is 2.33. The zero-order chi connectivity index (χ0) is 11.4. The Labute approximate surface area is 110 Å². The lowest BCUT2D eigenvalue weighted by Gasteiger charge is -2.24. The molecular weight excluding hydrogens is 287 g/mol. The Hall–Kier alpha value is -0.210. The first-order valence-corrected chi connectivity index (χ1v) is 7.30. The predicted octanol–water partition coefficient (Wildman–Crippen LogP) is 4.95. The van der Waals surface area contributed by atoms with Crippen molar-refractivity contribution in [3.63, 3.8) is 0 Å². The van der Waals surface area contributed by atoms with E-state index in [1.54, 1.807) is 0 Å². The van der Waals surface area contributed by atoms with Crippen molar-refractivity contribution in [3.8, 4) is 5.75 Å². The van der Waals surface area contributed by atoms with Gasteiger partial charge in [-0.2, -0.15) is 0 Å². The van der Waals surface area contributed by atoms with Gasteiger partial charge >= 0.3 is 0 Å². The zero-order valence-corrected chi connectivity index (χ0v) is 11.6. The van der Waals surface area contributed by atoms with Crippen LogP contribution in [0.25, 0.3) is 0 Å². The molecule has 0 aromatic heterocycles. The van der Waals surface area contributed by atoms with Crippen molar-refractivity contribution in [2.24, 2.45) is 0 Å². The molecule has 0 radical (unpaired) electrons. The highest BCUT2D eigenvalue weighted by Crippen LogP contribution is 2.29. The van der Waals surface area contributed by atoms with E-state index in [0.717, 1.165) is 21.7 Å². The summed E-state index contributed by atoms with van der Waals surface area (Å²) in [6.07, 6.45) is 6.71. The number of hydrogen-bond acceptors (Lipinski definition) is 1. The van der Waals surface area contributed by atoms with E-state index >= 15 is 0 Å². The molecule has 1 aliphatic carbocycles.